The van der Waals surface area contributed by atoms with Crippen LogP contribution in [0.25, 0.3) is 5.69 Å². The monoisotopic (exact) mass is 192 g/mol. The maximum absolute atomic E-state index is 11.2. The Morgan fingerprint density at radius 3 is 2.57 bits per heavy atom. The van der Waals surface area contributed by atoms with Gasteiger partial charge >= 0.3 is 11.4 Å². The van der Waals surface area contributed by atoms with Crippen LogP contribution in [0.5, 0.6) is 0 Å². The van der Waals surface area contributed by atoms with E-state index in [0.29, 0.717) is 5.69 Å². The second kappa shape index (κ2) is 3.02. The van der Waals surface area contributed by atoms with E-state index < -0.39 is 11.4 Å². The fourth-order valence-electron chi connectivity index (χ4n) is 1.28. The Labute approximate surface area is 78.6 Å². The van der Waals surface area contributed by atoms with Crippen molar-refractivity contribution >= 4 is 0 Å². The van der Waals surface area contributed by atoms with E-state index in [0.717, 1.165) is 10.1 Å². The molecule has 2 rings (SSSR count). The molecule has 1 aromatic carbocycles. The Kier molecular flexibility index (Phi) is 1.85. The van der Waals surface area contributed by atoms with Gasteiger partial charge in [-0.05, 0) is 18.6 Å². The summed E-state index contributed by atoms with van der Waals surface area (Å²) in [5.74, 6) is -0.704. The topological polar surface area (TPSA) is 68.0 Å². The third-order valence-corrected chi connectivity index (χ3v) is 1.97. The standard InChI is InChI=1S/C9H8N2O3/c1-6-4-2-3-5-7(6)11-8(12)10-14-9(11)13/h2-5H,1H3,(H,10,12). The first kappa shape index (κ1) is 8.55. The van der Waals surface area contributed by atoms with Gasteiger partial charge in [0.25, 0.3) is 0 Å². The number of rotatable bonds is 1. The lowest BCUT2D eigenvalue weighted by molar-refractivity contribution is 0.379. The average Bonchev–Trinajstić information content (AvgIpc) is 2.48. The van der Waals surface area contributed by atoms with Gasteiger partial charge in [-0.3, -0.25) is 0 Å². The Hall–Kier alpha value is -2.04. The predicted octanol–water partition coefficient (Wildman–Crippen LogP) is 0.427. The fourth-order valence-corrected chi connectivity index (χ4v) is 1.28. The Morgan fingerprint density at radius 2 is 2.00 bits per heavy atom. The molecule has 2 aromatic rings. The van der Waals surface area contributed by atoms with Crippen LogP contribution in [0.1, 0.15) is 5.56 Å². The molecule has 0 atom stereocenters. The molecule has 14 heavy (non-hydrogen) atoms. The summed E-state index contributed by atoms with van der Waals surface area (Å²) in [4.78, 5) is 22.4. The minimum Gasteiger partial charge on any atom is -0.319 e. The molecule has 0 unspecified atom stereocenters. The number of nitrogens with one attached hydrogen (secondary N) is 1. The summed E-state index contributed by atoms with van der Waals surface area (Å²) < 4.78 is 5.33. The normalized spacial score (nSPS) is 10.4. The zero-order valence-electron chi connectivity index (χ0n) is 7.48. The zero-order valence-corrected chi connectivity index (χ0v) is 7.48. The molecule has 0 aliphatic carbocycles. The van der Waals surface area contributed by atoms with E-state index in [9.17, 15) is 9.59 Å². The van der Waals surface area contributed by atoms with Gasteiger partial charge in [-0.15, -0.1) is 0 Å². The molecule has 0 amide bonds. The number of H-pyrrole nitrogens is 1. The molecular weight excluding hydrogens is 184 g/mol. The highest BCUT2D eigenvalue weighted by atomic mass is 16.5. The van der Waals surface area contributed by atoms with Gasteiger partial charge in [-0.2, -0.15) is 9.72 Å². The highest BCUT2D eigenvalue weighted by molar-refractivity contribution is 5.39. The molecule has 0 aliphatic heterocycles. The molecule has 72 valence electrons. The van der Waals surface area contributed by atoms with Crippen molar-refractivity contribution in [1.29, 1.82) is 0 Å². The maximum atomic E-state index is 11.2. The molecule has 0 bridgehead atoms. The van der Waals surface area contributed by atoms with E-state index in [4.69, 9.17) is 0 Å². The molecule has 0 aliphatic rings. The van der Waals surface area contributed by atoms with Gasteiger partial charge in [0.15, 0.2) is 0 Å². The van der Waals surface area contributed by atoms with Crippen molar-refractivity contribution in [3.8, 4) is 5.69 Å². The van der Waals surface area contributed by atoms with Crippen LogP contribution in [-0.2, 0) is 0 Å². The predicted molar refractivity (Wildman–Crippen MR) is 49.7 cm³/mol. The fraction of sp³-hybridized carbons (Fsp3) is 0.111. The molecule has 1 heterocycles. The minimum absolute atomic E-state index is 0.535. The van der Waals surface area contributed by atoms with E-state index in [1.54, 1.807) is 12.1 Å². The van der Waals surface area contributed by atoms with Crippen LogP contribution in [0.2, 0.25) is 0 Å². The third-order valence-electron chi connectivity index (χ3n) is 1.97. The van der Waals surface area contributed by atoms with Gasteiger partial charge in [0.05, 0.1) is 5.69 Å². The van der Waals surface area contributed by atoms with Crippen molar-refractivity contribution in [3.63, 3.8) is 0 Å². The van der Waals surface area contributed by atoms with Crippen molar-refractivity contribution in [1.82, 2.24) is 9.72 Å². The lowest BCUT2D eigenvalue weighted by atomic mass is 10.2. The van der Waals surface area contributed by atoms with Crippen LogP contribution in [0, 0.1) is 6.92 Å². The van der Waals surface area contributed by atoms with Gasteiger partial charge in [0, 0.05) is 0 Å². The molecular formula is C9H8N2O3. The SMILES string of the molecule is Cc1ccccc1-n1c(=O)[nH]oc1=O. The summed E-state index contributed by atoms with van der Waals surface area (Å²) in [6.07, 6.45) is 0. The summed E-state index contributed by atoms with van der Waals surface area (Å²) in [5.41, 5.74) is 0.804. The summed E-state index contributed by atoms with van der Waals surface area (Å²) in [7, 11) is 0. The van der Waals surface area contributed by atoms with Crippen LogP contribution >= 0.6 is 0 Å². The van der Waals surface area contributed by atoms with Gasteiger partial charge in [0.2, 0.25) is 0 Å². The summed E-state index contributed by atoms with van der Waals surface area (Å²) in [5, 5.41) is 1.98. The van der Waals surface area contributed by atoms with Gasteiger partial charge in [-0.25, -0.2) is 9.59 Å². The third kappa shape index (κ3) is 1.19. The van der Waals surface area contributed by atoms with Crippen molar-refractivity contribution in [3.05, 3.63) is 50.9 Å². The Balaban J connectivity index is 2.79. The van der Waals surface area contributed by atoms with Crippen molar-refractivity contribution < 1.29 is 4.52 Å². The number of aryl methyl sites for hydroxylation is 1. The van der Waals surface area contributed by atoms with E-state index in [2.05, 4.69) is 4.52 Å². The number of para-hydroxylation sites is 1. The molecule has 5 heteroatoms. The van der Waals surface area contributed by atoms with E-state index in [-0.39, 0.29) is 0 Å². The van der Waals surface area contributed by atoms with Crippen LogP contribution < -0.4 is 11.4 Å². The number of nitrogens with zero attached hydrogens (tertiary/aromatic N) is 1. The largest absolute Gasteiger partial charge is 0.447 e. The van der Waals surface area contributed by atoms with E-state index >= 15 is 0 Å². The number of hydrogen-bond donors (Lipinski definition) is 1. The Bertz CT molecular complexity index is 534. The Morgan fingerprint density at radius 1 is 1.29 bits per heavy atom. The highest BCUT2D eigenvalue weighted by Gasteiger charge is 2.08. The summed E-state index contributed by atoms with van der Waals surface area (Å²) in [6.45, 7) is 1.81. The van der Waals surface area contributed by atoms with Gasteiger partial charge < -0.3 is 4.52 Å². The molecule has 0 radical (unpaired) electrons. The first-order valence-corrected chi connectivity index (χ1v) is 4.06. The molecule has 0 saturated heterocycles. The van der Waals surface area contributed by atoms with Crippen LogP contribution in [0.4, 0.5) is 0 Å². The first-order valence-electron chi connectivity index (χ1n) is 4.06. The smallest absolute Gasteiger partial charge is 0.319 e. The highest BCUT2D eigenvalue weighted by Crippen LogP contribution is 2.08. The van der Waals surface area contributed by atoms with E-state index in [1.807, 2.05) is 24.2 Å². The second-order valence-corrected chi connectivity index (χ2v) is 2.90. The average molecular weight is 192 g/mol. The van der Waals surface area contributed by atoms with Crippen molar-refractivity contribution in [2.45, 2.75) is 6.92 Å². The quantitative estimate of drug-likeness (QED) is 0.712. The number of aromatic amines is 1. The number of benzene rings is 1. The number of hydrogen-bond acceptors (Lipinski definition) is 3. The van der Waals surface area contributed by atoms with Crippen molar-refractivity contribution in [2.24, 2.45) is 0 Å². The molecule has 0 saturated carbocycles. The van der Waals surface area contributed by atoms with Crippen molar-refractivity contribution in [2.75, 3.05) is 0 Å². The lowest BCUT2D eigenvalue weighted by Gasteiger charge is -2.01. The minimum atomic E-state index is -0.704. The van der Waals surface area contributed by atoms with Gasteiger partial charge in [-0.1, -0.05) is 18.2 Å². The second-order valence-electron chi connectivity index (χ2n) is 2.90. The molecule has 1 N–H and O–H groups in total. The molecule has 0 spiro atoms. The van der Waals surface area contributed by atoms with Crippen LogP contribution in [0.3, 0.4) is 0 Å². The van der Waals surface area contributed by atoms with Crippen LogP contribution in [0.15, 0.2) is 38.4 Å². The summed E-state index contributed by atoms with van der Waals surface area (Å²) in [6, 6.07) is 7.08. The molecule has 5 nitrogen and oxygen atoms in total. The lowest BCUT2D eigenvalue weighted by Crippen LogP contribution is -2.24. The molecule has 1 aromatic heterocycles. The molecule has 0 fully saturated rings. The van der Waals surface area contributed by atoms with Crippen LogP contribution in [-0.4, -0.2) is 9.72 Å². The maximum Gasteiger partial charge on any atom is 0.447 e. The summed E-state index contributed by atoms with van der Waals surface area (Å²) >= 11 is 0. The van der Waals surface area contributed by atoms with Gasteiger partial charge in [0.1, 0.15) is 0 Å². The zero-order chi connectivity index (χ0) is 10.1. The first-order chi connectivity index (χ1) is 6.70. The number of aromatic nitrogens is 2. The van der Waals surface area contributed by atoms with E-state index in [1.165, 1.54) is 0 Å².